The number of ether oxygens (including phenoxy) is 1. The maximum absolute atomic E-state index is 13.1. The van der Waals surface area contributed by atoms with Crippen molar-refractivity contribution in [3.05, 3.63) is 53.8 Å². The fraction of sp³-hybridized carbons (Fsp3) is 0.263. The molecule has 1 aliphatic carbocycles. The third-order valence-electron chi connectivity index (χ3n) is 4.35. The standard InChI is InChI=1S/C19H19FN2O3/c1-12(23)21-16-11-15(7-8-17(16)25-2)22-18(24)19(9-10-19)13-3-5-14(20)6-4-13/h3-8,11H,9-10H2,1-2H3,(H,21,23)(H,22,24). The average molecular weight is 342 g/mol. The molecule has 2 aromatic carbocycles. The van der Waals surface area contributed by atoms with Crippen LogP contribution in [0.5, 0.6) is 5.75 Å². The van der Waals surface area contributed by atoms with Crippen molar-refractivity contribution in [2.75, 3.05) is 17.7 Å². The van der Waals surface area contributed by atoms with E-state index in [1.807, 2.05) is 0 Å². The van der Waals surface area contributed by atoms with Crippen LogP contribution in [-0.4, -0.2) is 18.9 Å². The minimum atomic E-state index is -0.609. The molecule has 0 aromatic heterocycles. The van der Waals surface area contributed by atoms with Gasteiger partial charge in [-0.15, -0.1) is 0 Å². The van der Waals surface area contributed by atoms with Crippen molar-refractivity contribution < 1.29 is 18.7 Å². The second-order valence-corrected chi connectivity index (χ2v) is 6.14. The van der Waals surface area contributed by atoms with E-state index in [2.05, 4.69) is 10.6 Å². The second kappa shape index (κ2) is 6.55. The molecule has 2 N–H and O–H groups in total. The van der Waals surface area contributed by atoms with Gasteiger partial charge in [-0.1, -0.05) is 12.1 Å². The summed E-state index contributed by atoms with van der Waals surface area (Å²) in [4.78, 5) is 24.1. The maximum atomic E-state index is 13.1. The number of halogens is 1. The number of hydrogen-bond acceptors (Lipinski definition) is 3. The molecule has 2 amide bonds. The first-order chi connectivity index (χ1) is 11.9. The topological polar surface area (TPSA) is 67.4 Å². The summed E-state index contributed by atoms with van der Waals surface area (Å²) in [6, 6.07) is 11.1. The van der Waals surface area contributed by atoms with Crippen LogP contribution in [0.25, 0.3) is 0 Å². The molecule has 0 atom stereocenters. The molecule has 0 spiro atoms. The summed E-state index contributed by atoms with van der Waals surface area (Å²) in [7, 11) is 1.51. The number of benzene rings is 2. The van der Waals surface area contributed by atoms with Gasteiger partial charge < -0.3 is 15.4 Å². The molecule has 5 nitrogen and oxygen atoms in total. The number of carbonyl (C=O) groups excluding carboxylic acids is 2. The minimum absolute atomic E-state index is 0.141. The molecule has 130 valence electrons. The number of amides is 2. The second-order valence-electron chi connectivity index (χ2n) is 6.14. The quantitative estimate of drug-likeness (QED) is 0.874. The normalized spacial score (nSPS) is 14.5. The largest absolute Gasteiger partial charge is 0.495 e. The predicted molar refractivity (Wildman–Crippen MR) is 93.2 cm³/mol. The molecule has 1 saturated carbocycles. The lowest BCUT2D eigenvalue weighted by Crippen LogP contribution is -2.27. The SMILES string of the molecule is COc1ccc(NC(=O)C2(c3ccc(F)cc3)CC2)cc1NC(C)=O. The summed E-state index contributed by atoms with van der Waals surface area (Å²) in [6.07, 6.45) is 1.44. The Morgan fingerprint density at radius 3 is 2.32 bits per heavy atom. The molecule has 0 heterocycles. The van der Waals surface area contributed by atoms with Gasteiger partial charge in [0, 0.05) is 12.6 Å². The lowest BCUT2D eigenvalue weighted by molar-refractivity contribution is -0.118. The van der Waals surface area contributed by atoms with Crippen molar-refractivity contribution in [1.82, 2.24) is 0 Å². The van der Waals surface area contributed by atoms with Crippen LogP contribution in [0.2, 0.25) is 0 Å². The first-order valence-electron chi connectivity index (χ1n) is 7.98. The molecule has 0 bridgehead atoms. The van der Waals surface area contributed by atoms with Crippen LogP contribution < -0.4 is 15.4 Å². The van der Waals surface area contributed by atoms with Gasteiger partial charge in [-0.3, -0.25) is 9.59 Å². The first-order valence-corrected chi connectivity index (χ1v) is 7.98. The molecule has 3 rings (SSSR count). The van der Waals surface area contributed by atoms with Crippen LogP contribution in [0.3, 0.4) is 0 Å². The highest BCUT2D eigenvalue weighted by atomic mass is 19.1. The smallest absolute Gasteiger partial charge is 0.235 e. The van der Waals surface area contributed by atoms with Gasteiger partial charge in [0.1, 0.15) is 11.6 Å². The molecule has 6 heteroatoms. The van der Waals surface area contributed by atoms with Crippen LogP contribution in [0.1, 0.15) is 25.3 Å². The third kappa shape index (κ3) is 3.47. The zero-order chi connectivity index (χ0) is 18.0. The number of rotatable bonds is 5. The van der Waals surface area contributed by atoms with E-state index in [1.165, 1.54) is 26.2 Å². The minimum Gasteiger partial charge on any atom is -0.495 e. The van der Waals surface area contributed by atoms with Crippen molar-refractivity contribution in [2.24, 2.45) is 0 Å². The third-order valence-corrected chi connectivity index (χ3v) is 4.35. The summed E-state index contributed by atoms with van der Waals surface area (Å²) in [5.41, 5.74) is 1.24. The lowest BCUT2D eigenvalue weighted by Gasteiger charge is -2.17. The van der Waals surface area contributed by atoms with Crippen molar-refractivity contribution in [1.29, 1.82) is 0 Å². The average Bonchev–Trinajstić information content (AvgIpc) is 3.37. The summed E-state index contributed by atoms with van der Waals surface area (Å²) in [5, 5.41) is 5.56. The highest BCUT2D eigenvalue weighted by Crippen LogP contribution is 2.49. The van der Waals surface area contributed by atoms with Crippen molar-refractivity contribution in [3.63, 3.8) is 0 Å². The Balaban J connectivity index is 1.81. The zero-order valence-electron chi connectivity index (χ0n) is 14.1. The van der Waals surface area contributed by atoms with E-state index < -0.39 is 5.41 Å². The van der Waals surface area contributed by atoms with Crippen LogP contribution >= 0.6 is 0 Å². The van der Waals surface area contributed by atoms with Crippen LogP contribution in [0, 0.1) is 5.82 Å². The van der Waals surface area contributed by atoms with Crippen molar-refractivity contribution in [2.45, 2.75) is 25.2 Å². The van der Waals surface area contributed by atoms with Crippen LogP contribution in [0.15, 0.2) is 42.5 Å². The van der Waals surface area contributed by atoms with Gasteiger partial charge in [0.15, 0.2) is 0 Å². The molecular weight excluding hydrogens is 323 g/mol. The van der Waals surface area contributed by atoms with E-state index in [0.29, 0.717) is 17.1 Å². The number of hydrogen-bond donors (Lipinski definition) is 2. The molecule has 1 aliphatic rings. The Bertz CT molecular complexity index is 814. The molecular formula is C19H19FN2O3. The highest BCUT2D eigenvalue weighted by Gasteiger charge is 2.51. The Labute approximate surface area is 145 Å². The van der Waals surface area contributed by atoms with Crippen molar-refractivity contribution >= 4 is 23.2 Å². The number of anilines is 2. The Morgan fingerprint density at radius 1 is 1.08 bits per heavy atom. The van der Waals surface area contributed by atoms with Gasteiger partial charge in [-0.2, -0.15) is 0 Å². The van der Waals surface area contributed by atoms with E-state index in [0.717, 1.165) is 18.4 Å². The molecule has 1 fully saturated rings. The van der Waals surface area contributed by atoms with Gasteiger partial charge in [0.25, 0.3) is 0 Å². The van der Waals surface area contributed by atoms with Gasteiger partial charge in [-0.05, 0) is 48.7 Å². The van der Waals surface area contributed by atoms with E-state index in [4.69, 9.17) is 4.74 Å². The van der Waals surface area contributed by atoms with Gasteiger partial charge in [0.05, 0.1) is 18.2 Å². The Morgan fingerprint density at radius 2 is 1.76 bits per heavy atom. The summed E-state index contributed by atoms with van der Waals surface area (Å²) in [5.74, 6) is -0.187. The summed E-state index contributed by atoms with van der Waals surface area (Å²) < 4.78 is 18.3. The fourth-order valence-electron chi connectivity index (χ4n) is 2.86. The first kappa shape index (κ1) is 17.0. The zero-order valence-corrected chi connectivity index (χ0v) is 14.1. The maximum Gasteiger partial charge on any atom is 0.235 e. The van der Waals surface area contributed by atoms with Crippen molar-refractivity contribution in [3.8, 4) is 5.75 Å². The monoisotopic (exact) mass is 342 g/mol. The molecule has 0 aliphatic heterocycles. The fourth-order valence-corrected chi connectivity index (χ4v) is 2.86. The molecule has 0 saturated heterocycles. The van der Waals surface area contributed by atoms with Gasteiger partial charge in [-0.25, -0.2) is 4.39 Å². The van der Waals surface area contributed by atoms with Crippen LogP contribution in [-0.2, 0) is 15.0 Å². The molecule has 0 unspecified atom stereocenters. The molecule has 0 radical (unpaired) electrons. The van der Waals surface area contributed by atoms with Gasteiger partial charge >= 0.3 is 0 Å². The molecule has 2 aromatic rings. The summed E-state index contributed by atoms with van der Waals surface area (Å²) in [6.45, 7) is 1.40. The van der Waals surface area contributed by atoms with E-state index in [9.17, 15) is 14.0 Å². The number of nitrogens with one attached hydrogen (secondary N) is 2. The van der Waals surface area contributed by atoms with Crippen LogP contribution in [0.4, 0.5) is 15.8 Å². The summed E-state index contributed by atoms with van der Waals surface area (Å²) >= 11 is 0. The number of methoxy groups -OCH3 is 1. The predicted octanol–water partition coefficient (Wildman–Crippen LogP) is 3.46. The highest BCUT2D eigenvalue weighted by molar-refractivity contribution is 6.02. The Kier molecular flexibility index (Phi) is 4.44. The van der Waals surface area contributed by atoms with E-state index in [-0.39, 0.29) is 17.6 Å². The van der Waals surface area contributed by atoms with E-state index in [1.54, 1.807) is 30.3 Å². The molecule has 25 heavy (non-hydrogen) atoms. The van der Waals surface area contributed by atoms with Gasteiger partial charge in [0.2, 0.25) is 11.8 Å². The Hall–Kier alpha value is -2.89. The van der Waals surface area contributed by atoms with E-state index >= 15 is 0 Å². The number of carbonyl (C=O) groups is 2. The lowest BCUT2D eigenvalue weighted by atomic mass is 9.95.